The molecule has 0 fully saturated rings. The number of halogens is 2. The lowest BCUT2D eigenvalue weighted by molar-refractivity contribution is -0.123. The van der Waals surface area contributed by atoms with E-state index in [1.54, 1.807) is 24.3 Å². The van der Waals surface area contributed by atoms with Crippen LogP contribution in [0.1, 0.15) is 28.4 Å². The maximum absolute atomic E-state index is 13.3. The molecular weight excluding hydrogens is 414 g/mol. The summed E-state index contributed by atoms with van der Waals surface area (Å²) in [5.41, 5.74) is 0.427. The lowest BCUT2D eigenvalue weighted by atomic mass is 10.1. The number of nitrogens with one attached hydrogen (secondary N) is 2. The minimum Gasteiger partial charge on any atom is -0.496 e. The third kappa shape index (κ3) is 6.43. The van der Waals surface area contributed by atoms with Crippen LogP contribution in [-0.2, 0) is 4.79 Å². The number of thioether (sulfide) groups is 1. The Morgan fingerprint density at radius 3 is 2.57 bits per heavy atom. The second-order valence-corrected chi connectivity index (χ2v) is 7.43. The summed E-state index contributed by atoms with van der Waals surface area (Å²) in [5.74, 6) is -2.06. The molecule has 0 bridgehead atoms. The number of hydrogen-bond acceptors (Lipinski definition) is 5. The molecule has 162 valence electrons. The molecule has 2 aromatic carbocycles. The van der Waals surface area contributed by atoms with Crippen molar-refractivity contribution >= 4 is 23.6 Å². The Bertz CT molecular complexity index is 882. The molecule has 0 aromatic heterocycles. The van der Waals surface area contributed by atoms with Crippen molar-refractivity contribution in [1.82, 2.24) is 10.6 Å². The Labute approximate surface area is 178 Å². The van der Waals surface area contributed by atoms with Crippen molar-refractivity contribution in [2.24, 2.45) is 0 Å². The lowest BCUT2D eigenvalue weighted by Gasteiger charge is -2.20. The van der Waals surface area contributed by atoms with Crippen LogP contribution in [0.4, 0.5) is 8.78 Å². The van der Waals surface area contributed by atoms with E-state index in [9.17, 15) is 23.5 Å². The van der Waals surface area contributed by atoms with E-state index >= 15 is 0 Å². The molecule has 0 aliphatic rings. The number of aliphatic hydroxyl groups is 1. The van der Waals surface area contributed by atoms with Crippen LogP contribution in [0.15, 0.2) is 42.5 Å². The summed E-state index contributed by atoms with van der Waals surface area (Å²) in [7, 11) is 1.45. The molecule has 0 saturated carbocycles. The number of methoxy groups -OCH3 is 1. The van der Waals surface area contributed by atoms with Gasteiger partial charge in [0.1, 0.15) is 11.8 Å². The van der Waals surface area contributed by atoms with Crippen LogP contribution < -0.4 is 15.4 Å². The van der Waals surface area contributed by atoms with Gasteiger partial charge in [0.2, 0.25) is 5.91 Å². The number of benzene rings is 2. The van der Waals surface area contributed by atoms with Crippen LogP contribution in [0.3, 0.4) is 0 Å². The van der Waals surface area contributed by atoms with Gasteiger partial charge in [-0.2, -0.15) is 11.8 Å². The van der Waals surface area contributed by atoms with E-state index < -0.39 is 35.6 Å². The topological polar surface area (TPSA) is 87.7 Å². The maximum atomic E-state index is 13.3. The Morgan fingerprint density at radius 2 is 1.90 bits per heavy atom. The van der Waals surface area contributed by atoms with Crippen molar-refractivity contribution in [3.8, 4) is 5.75 Å². The Balaban J connectivity index is 2.03. The fraction of sp³-hybridized carbons (Fsp3) is 0.333. The number of amides is 2. The molecule has 2 atom stereocenters. The largest absolute Gasteiger partial charge is 0.496 e. The highest BCUT2D eigenvalue weighted by atomic mass is 32.2. The van der Waals surface area contributed by atoms with Gasteiger partial charge in [0.15, 0.2) is 11.6 Å². The van der Waals surface area contributed by atoms with Crippen LogP contribution in [0.25, 0.3) is 0 Å². The molecule has 2 unspecified atom stereocenters. The van der Waals surface area contributed by atoms with E-state index in [0.717, 1.165) is 12.1 Å². The lowest BCUT2D eigenvalue weighted by Crippen LogP contribution is -2.48. The van der Waals surface area contributed by atoms with E-state index in [1.807, 2.05) is 6.26 Å². The highest BCUT2D eigenvalue weighted by molar-refractivity contribution is 7.98. The average molecular weight is 438 g/mol. The van der Waals surface area contributed by atoms with Gasteiger partial charge >= 0.3 is 0 Å². The van der Waals surface area contributed by atoms with E-state index in [4.69, 9.17) is 4.74 Å². The van der Waals surface area contributed by atoms with Gasteiger partial charge in [0, 0.05) is 6.54 Å². The van der Waals surface area contributed by atoms with Crippen LogP contribution >= 0.6 is 11.8 Å². The molecular formula is C21H24F2N2O4S. The Kier molecular flexibility index (Phi) is 9.07. The number of carbonyl (C=O) groups is 2. The first-order valence-corrected chi connectivity index (χ1v) is 10.6. The van der Waals surface area contributed by atoms with Crippen LogP contribution in [0, 0.1) is 11.6 Å². The first kappa shape index (κ1) is 23.6. The van der Waals surface area contributed by atoms with Gasteiger partial charge < -0.3 is 20.5 Å². The molecule has 0 aliphatic heterocycles. The standard InChI is InChI=1S/C21H24F2N2O4S/c1-29-19-6-4-3-5-14(19)20(27)25-17(9-10-30-2)21(28)24-12-18(26)13-7-8-15(22)16(23)11-13/h3-8,11,17-18,26H,9-10,12H2,1-2H3,(H,24,28)(H,25,27). The number of aliphatic hydroxyl groups excluding tert-OH is 1. The van der Waals surface area contributed by atoms with Crippen molar-refractivity contribution in [3.05, 3.63) is 65.2 Å². The zero-order chi connectivity index (χ0) is 22.1. The molecule has 2 rings (SSSR count). The third-order valence-electron chi connectivity index (χ3n) is 4.38. The predicted octanol–water partition coefficient (Wildman–Crippen LogP) is 2.67. The molecule has 0 aliphatic carbocycles. The molecule has 0 spiro atoms. The minimum atomic E-state index is -1.23. The van der Waals surface area contributed by atoms with Gasteiger partial charge in [0.05, 0.1) is 18.8 Å². The molecule has 6 nitrogen and oxygen atoms in total. The van der Waals surface area contributed by atoms with E-state index in [2.05, 4.69) is 10.6 Å². The second kappa shape index (κ2) is 11.5. The predicted molar refractivity (Wildman–Crippen MR) is 112 cm³/mol. The summed E-state index contributed by atoms with van der Waals surface area (Å²) in [6.45, 7) is -0.218. The van der Waals surface area contributed by atoms with Gasteiger partial charge in [-0.1, -0.05) is 18.2 Å². The van der Waals surface area contributed by atoms with Crippen molar-refractivity contribution < 1.29 is 28.2 Å². The van der Waals surface area contributed by atoms with E-state index in [-0.39, 0.29) is 12.1 Å². The second-order valence-electron chi connectivity index (χ2n) is 6.44. The van der Waals surface area contributed by atoms with Crippen LogP contribution in [0.5, 0.6) is 5.75 Å². The minimum absolute atomic E-state index is 0.132. The molecule has 0 radical (unpaired) electrons. The van der Waals surface area contributed by atoms with Gasteiger partial charge in [0.25, 0.3) is 5.91 Å². The normalized spacial score (nSPS) is 12.7. The first-order valence-electron chi connectivity index (χ1n) is 9.21. The number of para-hydroxylation sites is 1. The summed E-state index contributed by atoms with van der Waals surface area (Å²) in [5, 5.41) is 15.4. The smallest absolute Gasteiger partial charge is 0.255 e. The molecule has 30 heavy (non-hydrogen) atoms. The zero-order valence-electron chi connectivity index (χ0n) is 16.7. The molecule has 2 amide bonds. The number of hydrogen-bond donors (Lipinski definition) is 3. The first-order chi connectivity index (χ1) is 14.4. The molecule has 2 aromatic rings. The Morgan fingerprint density at radius 1 is 1.17 bits per heavy atom. The number of carbonyl (C=O) groups excluding carboxylic acids is 2. The fourth-order valence-corrected chi connectivity index (χ4v) is 3.20. The summed E-state index contributed by atoms with van der Waals surface area (Å²) < 4.78 is 31.6. The quantitative estimate of drug-likeness (QED) is 0.531. The fourth-order valence-electron chi connectivity index (χ4n) is 2.73. The van der Waals surface area contributed by atoms with Gasteiger partial charge in [-0.25, -0.2) is 8.78 Å². The third-order valence-corrected chi connectivity index (χ3v) is 5.03. The molecule has 3 N–H and O–H groups in total. The van der Waals surface area contributed by atoms with Crippen molar-refractivity contribution in [3.63, 3.8) is 0 Å². The van der Waals surface area contributed by atoms with Gasteiger partial charge in [-0.3, -0.25) is 9.59 Å². The number of ether oxygens (including phenoxy) is 1. The Hall–Kier alpha value is -2.65. The SMILES string of the molecule is COc1ccccc1C(=O)NC(CCSC)C(=O)NCC(O)c1ccc(F)c(F)c1. The van der Waals surface area contributed by atoms with Gasteiger partial charge in [-0.15, -0.1) is 0 Å². The van der Waals surface area contributed by atoms with Crippen molar-refractivity contribution in [2.75, 3.05) is 25.7 Å². The summed E-state index contributed by atoms with van der Waals surface area (Å²) in [6, 6.07) is 8.83. The summed E-state index contributed by atoms with van der Waals surface area (Å²) in [4.78, 5) is 25.2. The zero-order valence-corrected chi connectivity index (χ0v) is 17.5. The van der Waals surface area contributed by atoms with Crippen LogP contribution in [0.2, 0.25) is 0 Å². The maximum Gasteiger partial charge on any atom is 0.255 e. The average Bonchev–Trinajstić information content (AvgIpc) is 2.76. The summed E-state index contributed by atoms with van der Waals surface area (Å²) >= 11 is 1.52. The summed E-state index contributed by atoms with van der Waals surface area (Å²) in [6.07, 6.45) is 1.02. The molecule has 9 heteroatoms. The number of rotatable bonds is 10. The van der Waals surface area contributed by atoms with Gasteiger partial charge in [-0.05, 0) is 48.3 Å². The van der Waals surface area contributed by atoms with Crippen LogP contribution in [-0.4, -0.2) is 48.6 Å². The highest BCUT2D eigenvalue weighted by Gasteiger charge is 2.23. The molecule has 0 heterocycles. The molecule has 0 saturated heterocycles. The van der Waals surface area contributed by atoms with E-state index in [0.29, 0.717) is 23.5 Å². The van der Waals surface area contributed by atoms with E-state index in [1.165, 1.54) is 24.9 Å². The van der Waals surface area contributed by atoms with Crippen molar-refractivity contribution in [2.45, 2.75) is 18.6 Å². The highest BCUT2D eigenvalue weighted by Crippen LogP contribution is 2.18. The monoisotopic (exact) mass is 438 g/mol. The van der Waals surface area contributed by atoms with Crippen molar-refractivity contribution in [1.29, 1.82) is 0 Å².